The zero-order valence-electron chi connectivity index (χ0n) is 16.4. The van der Waals surface area contributed by atoms with Crippen molar-refractivity contribution in [2.45, 2.75) is 27.2 Å². The Labute approximate surface area is 153 Å². The van der Waals surface area contributed by atoms with Crippen LogP contribution in [0.2, 0.25) is 0 Å². The summed E-state index contributed by atoms with van der Waals surface area (Å²) in [4.78, 5) is 19.1. The molecule has 0 spiro atoms. The largest absolute Gasteiger partial charge is 0.379 e. The van der Waals surface area contributed by atoms with E-state index in [1.807, 2.05) is 0 Å². The molecule has 2 fully saturated rings. The lowest BCUT2D eigenvalue weighted by Crippen LogP contribution is -2.43. The second kappa shape index (κ2) is 11.1. The average Bonchev–Trinajstić information content (AvgIpc) is 2.61. The quantitative estimate of drug-likeness (QED) is 0.621. The monoisotopic (exact) mass is 355 g/mol. The predicted molar refractivity (Wildman–Crippen MR) is 99.7 cm³/mol. The number of hydrogen-bond donors (Lipinski definition) is 0. The first kappa shape index (κ1) is 20.6. The van der Waals surface area contributed by atoms with Gasteiger partial charge in [0.15, 0.2) is 0 Å². The normalized spacial score (nSPS) is 22.5. The van der Waals surface area contributed by atoms with Crippen molar-refractivity contribution in [1.82, 2.24) is 14.7 Å². The van der Waals surface area contributed by atoms with Gasteiger partial charge in [0.2, 0.25) is 5.91 Å². The summed E-state index contributed by atoms with van der Waals surface area (Å²) in [5, 5.41) is 0. The van der Waals surface area contributed by atoms with Gasteiger partial charge in [0, 0.05) is 52.7 Å². The maximum atomic E-state index is 12.1. The maximum Gasteiger partial charge on any atom is 0.219 e. The Balaban J connectivity index is 1.69. The highest BCUT2D eigenvalue weighted by Gasteiger charge is 2.20. The summed E-state index contributed by atoms with van der Waals surface area (Å²) in [6, 6.07) is 0. The topological polar surface area (TPSA) is 45.2 Å². The van der Waals surface area contributed by atoms with Gasteiger partial charge in [0.05, 0.1) is 26.4 Å². The van der Waals surface area contributed by atoms with Crippen molar-refractivity contribution in [3.63, 3.8) is 0 Å². The summed E-state index contributed by atoms with van der Waals surface area (Å²) in [6.07, 6.45) is 1.14. The third-order valence-electron chi connectivity index (χ3n) is 5.22. The van der Waals surface area contributed by atoms with Gasteiger partial charge < -0.3 is 14.4 Å². The summed E-state index contributed by atoms with van der Waals surface area (Å²) < 4.78 is 10.8. The molecule has 0 aromatic carbocycles. The van der Waals surface area contributed by atoms with E-state index in [9.17, 15) is 4.79 Å². The van der Waals surface area contributed by atoms with Crippen LogP contribution >= 0.6 is 0 Å². The van der Waals surface area contributed by atoms with Gasteiger partial charge in [-0.05, 0) is 24.8 Å². The number of rotatable bonds is 9. The molecule has 2 heterocycles. The van der Waals surface area contributed by atoms with Crippen molar-refractivity contribution in [2.75, 3.05) is 78.8 Å². The standard InChI is InChI=1S/C19H37N3O3/c1-17(4-5-20-6-10-24-11-7-20)15-22(19(3)23)16-18(2)14-21-8-12-25-13-9-21/h17-18H,4-16H2,1-3H3. The number of carbonyl (C=O) groups excluding carboxylic acids is 1. The minimum atomic E-state index is 0.201. The number of carbonyl (C=O) groups is 1. The molecule has 0 aromatic heterocycles. The second-order valence-corrected chi connectivity index (χ2v) is 7.79. The maximum absolute atomic E-state index is 12.1. The highest BCUT2D eigenvalue weighted by Crippen LogP contribution is 2.12. The molecule has 2 unspecified atom stereocenters. The Bertz CT molecular complexity index is 382. The minimum Gasteiger partial charge on any atom is -0.379 e. The Kier molecular flexibility index (Phi) is 9.17. The Hall–Kier alpha value is -0.690. The van der Waals surface area contributed by atoms with E-state index < -0.39 is 0 Å². The van der Waals surface area contributed by atoms with E-state index in [1.165, 1.54) is 0 Å². The van der Waals surface area contributed by atoms with Gasteiger partial charge >= 0.3 is 0 Å². The molecule has 0 saturated carbocycles. The van der Waals surface area contributed by atoms with Gasteiger partial charge in [0.25, 0.3) is 0 Å². The van der Waals surface area contributed by atoms with Crippen molar-refractivity contribution < 1.29 is 14.3 Å². The number of morpholine rings is 2. The van der Waals surface area contributed by atoms with Crippen LogP contribution in [0.15, 0.2) is 0 Å². The molecule has 0 aliphatic carbocycles. The lowest BCUT2D eigenvalue weighted by atomic mass is 10.0. The Morgan fingerprint density at radius 3 is 2.00 bits per heavy atom. The number of ether oxygens (including phenoxy) is 2. The lowest BCUT2D eigenvalue weighted by molar-refractivity contribution is -0.130. The number of hydrogen-bond acceptors (Lipinski definition) is 5. The van der Waals surface area contributed by atoms with Crippen LogP contribution in [0.4, 0.5) is 0 Å². The summed E-state index contributed by atoms with van der Waals surface area (Å²) in [7, 11) is 0. The third kappa shape index (κ3) is 8.03. The average molecular weight is 356 g/mol. The molecule has 0 N–H and O–H groups in total. The molecule has 2 saturated heterocycles. The van der Waals surface area contributed by atoms with Crippen LogP contribution in [-0.4, -0.2) is 99.4 Å². The first-order valence-corrected chi connectivity index (χ1v) is 9.90. The highest BCUT2D eigenvalue weighted by molar-refractivity contribution is 5.73. The van der Waals surface area contributed by atoms with E-state index in [-0.39, 0.29) is 5.91 Å². The van der Waals surface area contributed by atoms with Gasteiger partial charge in [-0.1, -0.05) is 13.8 Å². The summed E-state index contributed by atoms with van der Waals surface area (Å²) in [6.45, 7) is 17.6. The molecule has 0 aromatic rings. The molecular formula is C19H37N3O3. The van der Waals surface area contributed by atoms with E-state index in [0.29, 0.717) is 11.8 Å². The fourth-order valence-electron chi connectivity index (χ4n) is 3.69. The predicted octanol–water partition coefficient (Wildman–Crippen LogP) is 1.16. The highest BCUT2D eigenvalue weighted by atomic mass is 16.5. The molecule has 0 bridgehead atoms. The van der Waals surface area contributed by atoms with Crippen LogP contribution in [0.25, 0.3) is 0 Å². The molecule has 25 heavy (non-hydrogen) atoms. The van der Waals surface area contributed by atoms with Crippen LogP contribution in [0.5, 0.6) is 0 Å². The Morgan fingerprint density at radius 1 is 0.920 bits per heavy atom. The van der Waals surface area contributed by atoms with Crippen LogP contribution in [0, 0.1) is 11.8 Å². The van der Waals surface area contributed by atoms with Gasteiger partial charge in [-0.2, -0.15) is 0 Å². The molecule has 2 aliphatic rings. The van der Waals surface area contributed by atoms with Crippen molar-refractivity contribution in [2.24, 2.45) is 11.8 Å². The fraction of sp³-hybridized carbons (Fsp3) is 0.947. The Morgan fingerprint density at radius 2 is 1.44 bits per heavy atom. The molecule has 2 rings (SSSR count). The van der Waals surface area contributed by atoms with Gasteiger partial charge in [-0.3, -0.25) is 14.6 Å². The van der Waals surface area contributed by atoms with Crippen molar-refractivity contribution in [3.05, 3.63) is 0 Å². The molecule has 2 atom stereocenters. The van der Waals surface area contributed by atoms with E-state index >= 15 is 0 Å². The third-order valence-corrected chi connectivity index (χ3v) is 5.22. The number of nitrogens with zero attached hydrogens (tertiary/aromatic N) is 3. The van der Waals surface area contributed by atoms with Crippen LogP contribution < -0.4 is 0 Å². The molecule has 0 radical (unpaired) electrons. The van der Waals surface area contributed by atoms with Gasteiger partial charge in [-0.15, -0.1) is 0 Å². The zero-order chi connectivity index (χ0) is 18.1. The van der Waals surface area contributed by atoms with Crippen LogP contribution in [0.1, 0.15) is 27.2 Å². The smallest absolute Gasteiger partial charge is 0.219 e. The summed E-state index contributed by atoms with van der Waals surface area (Å²) in [5.74, 6) is 1.22. The molecule has 6 nitrogen and oxygen atoms in total. The molecule has 1 amide bonds. The first-order valence-electron chi connectivity index (χ1n) is 9.90. The van der Waals surface area contributed by atoms with Crippen LogP contribution in [0.3, 0.4) is 0 Å². The summed E-state index contributed by atoms with van der Waals surface area (Å²) in [5.41, 5.74) is 0. The molecule has 146 valence electrons. The molecule has 6 heteroatoms. The lowest BCUT2D eigenvalue weighted by Gasteiger charge is -2.33. The molecular weight excluding hydrogens is 318 g/mol. The second-order valence-electron chi connectivity index (χ2n) is 7.79. The van der Waals surface area contributed by atoms with E-state index in [0.717, 1.165) is 85.2 Å². The zero-order valence-corrected chi connectivity index (χ0v) is 16.4. The van der Waals surface area contributed by atoms with E-state index in [4.69, 9.17) is 9.47 Å². The van der Waals surface area contributed by atoms with Gasteiger partial charge in [0.1, 0.15) is 0 Å². The molecule has 2 aliphatic heterocycles. The van der Waals surface area contributed by atoms with Crippen LogP contribution in [-0.2, 0) is 14.3 Å². The van der Waals surface area contributed by atoms with Crippen molar-refractivity contribution in [1.29, 1.82) is 0 Å². The fourth-order valence-corrected chi connectivity index (χ4v) is 3.69. The minimum absolute atomic E-state index is 0.201. The van der Waals surface area contributed by atoms with Gasteiger partial charge in [-0.25, -0.2) is 0 Å². The van der Waals surface area contributed by atoms with Crippen molar-refractivity contribution >= 4 is 5.91 Å². The van der Waals surface area contributed by atoms with E-state index in [2.05, 4.69) is 28.5 Å². The SMILES string of the molecule is CC(=O)N(CC(C)CCN1CCOCC1)CC(C)CN1CCOCC1. The number of amides is 1. The first-order chi connectivity index (χ1) is 12.0. The van der Waals surface area contributed by atoms with Crippen molar-refractivity contribution in [3.8, 4) is 0 Å². The van der Waals surface area contributed by atoms with E-state index in [1.54, 1.807) is 6.92 Å². The summed E-state index contributed by atoms with van der Waals surface area (Å²) >= 11 is 0.